The number of nitrogens with one attached hydrogen (secondary N) is 1. The average Bonchev–Trinajstić information content (AvgIpc) is 2.65. The minimum absolute atomic E-state index is 0.0846. The Kier molecular flexibility index (Phi) is 6.92. The number of morpholine rings is 1. The van der Waals surface area contributed by atoms with Gasteiger partial charge in [-0.05, 0) is 24.3 Å². The van der Waals surface area contributed by atoms with Gasteiger partial charge in [0, 0.05) is 25.8 Å². The first-order valence-corrected chi connectivity index (χ1v) is 7.72. The summed E-state index contributed by atoms with van der Waals surface area (Å²) in [7, 11) is 1.61. The number of carbonyl (C=O) groups is 1. The molecule has 1 aliphatic heterocycles. The van der Waals surface area contributed by atoms with Gasteiger partial charge < -0.3 is 24.4 Å². The number of rotatable bonds is 7. The Labute approximate surface area is 141 Å². The molecule has 1 aromatic carbocycles. The molecule has 0 atom stereocenters. The summed E-state index contributed by atoms with van der Waals surface area (Å²) in [6, 6.07) is 9.20. The van der Waals surface area contributed by atoms with Crippen molar-refractivity contribution in [3.05, 3.63) is 36.0 Å². The van der Waals surface area contributed by atoms with E-state index in [4.69, 9.17) is 19.5 Å². The lowest BCUT2D eigenvalue weighted by Crippen LogP contribution is -2.41. The van der Waals surface area contributed by atoms with Crippen molar-refractivity contribution in [1.82, 2.24) is 10.2 Å². The Morgan fingerprint density at radius 2 is 2.00 bits per heavy atom. The molecule has 0 unspecified atom stereocenters. The number of carbonyl (C=O) groups excluding carboxylic acids is 1. The maximum Gasteiger partial charge on any atom is 0.266 e. The molecule has 0 bridgehead atoms. The second-order valence-corrected chi connectivity index (χ2v) is 5.05. The molecule has 0 aromatic heterocycles. The number of methoxy groups -OCH3 is 1. The van der Waals surface area contributed by atoms with Crippen molar-refractivity contribution in [1.29, 1.82) is 5.26 Å². The molecule has 1 fully saturated rings. The summed E-state index contributed by atoms with van der Waals surface area (Å²) in [6.45, 7) is 2.93. The zero-order chi connectivity index (χ0) is 17.2. The summed E-state index contributed by atoms with van der Waals surface area (Å²) in [5.41, 5.74) is 0.0846. The number of hydrogen-bond donors (Lipinski definition) is 1. The van der Waals surface area contributed by atoms with Crippen LogP contribution in [0, 0.1) is 11.3 Å². The molecule has 1 amide bonds. The molecule has 1 heterocycles. The molecule has 7 heteroatoms. The fraction of sp³-hybridized carbons (Fsp3) is 0.412. The fourth-order valence-corrected chi connectivity index (χ4v) is 2.15. The van der Waals surface area contributed by atoms with E-state index in [0.717, 1.165) is 11.5 Å². The SMILES string of the molecule is COc1ccc(OCCN/C=C(/C#N)C(=O)N2CCOCC2)cc1. The summed E-state index contributed by atoms with van der Waals surface area (Å²) in [5.74, 6) is 1.22. The molecular weight excluding hydrogens is 310 g/mol. The summed E-state index contributed by atoms with van der Waals surface area (Å²) in [6.07, 6.45) is 1.44. The van der Waals surface area contributed by atoms with Crippen LogP contribution in [0.4, 0.5) is 0 Å². The molecule has 0 spiro atoms. The largest absolute Gasteiger partial charge is 0.497 e. The van der Waals surface area contributed by atoms with Crippen LogP contribution in [0.2, 0.25) is 0 Å². The molecule has 1 aliphatic rings. The highest BCUT2D eigenvalue weighted by Crippen LogP contribution is 2.16. The first-order valence-electron chi connectivity index (χ1n) is 7.72. The van der Waals surface area contributed by atoms with Crippen LogP contribution in [0.25, 0.3) is 0 Å². The van der Waals surface area contributed by atoms with Gasteiger partial charge in [-0.2, -0.15) is 5.26 Å². The van der Waals surface area contributed by atoms with Gasteiger partial charge in [0.1, 0.15) is 29.7 Å². The van der Waals surface area contributed by atoms with E-state index in [1.165, 1.54) is 6.20 Å². The van der Waals surface area contributed by atoms with Crippen molar-refractivity contribution in [2.75, 3.05) is 46.6 Å². The third-order valence-electron chi connectivity index (χ3n) is 3.47. The van der Waals surface area contributed by atoms with Crippen molar-refractivity contribution in [3.63, 3.8) is 0 Å². The van der Waals surface area contributed by atoms with Crippen LogP contribution in [0.15, 0.2) is 36.0 Å². The third-order valence-corrected chi connectivity index (χ3v) is 3.47. The monoisotopic (exact) mass is 331 g/mol. The third kappa shape index (κ3) is 5.18. The predicted octanol–water partition coefficient (Wildman–Crippen LogP) is 0.930. The smallest absolute Gasteiger partial charge is 0.266 e. The molecule has 1 N–H and O–H groups in total. The molecule has 0 saturated carbocycles. The van der Waals surface area contributed by atoms with Crippen molar-refractivity contribution >= 4 is 5.91 Å². The number of nitrogens with zero attached hydrogens (tertiary/aromatic N) is 2. The fourth-order valence-electron chi connectivity index (χ4n) is 2.15. The van der Waals surface area contributed by atoms with Gasteiger partial charge in [-0.25, -0.2) is 0 Å². The van der Waals surface area contributed by atoms with E-state index in [2.05, 4.69) is 5.32 Å². The van der Waals surface area contributed by atoms with E-state index in [0.29, 0.717) is 39.5 Å². The first-order chi connectivity index (χ1) is 11.7. The van der Waals surface area contributed by atoms with Gasteiger partial charge in [-0.3, -0.25) is 4.79 Å². The van der Waals surface area contributed by atoms with Crippen LogP contribution in [0.3, 0.4) is 0 Å². The van der Waals surface area contributed by atoms with Crippen molar-refractivity contribution in [2.45, 2.75) is 0 Å². The second-order valence-electron chi connectivity index (χ2n) is 5.05. The highest BCUT2D eigenvalue weighted by Gasteiger charge is 2.20. The standard InChI is InChI=1S/C17H21N3O4/c1-22-15-2-4-16(5-3-15)24-9-6-19-13-14(12-18)17(21)20-7-10-23-11-8-20/h2-5,13,19H,6-11H2,1H3/b14-13-. The Bertz CT molecular complexity index is 601. The van der Waals surface area contributed by atoms with Gasteiger partial charge in [0.15, 0.2) is 0 Å². The van der Waals surface area contributed by atoms with Gasteiger partial charge in [-0.1, -0.05) is 0 Å². The maximum atomic E-state index is 12.2. The van der Waals surface area contributed by atoms with E-state index in [9.17, 15) is 4.79 Å². The van der Waals surface area contributed by atoms with E-state index in [1.54, 1.807) is 12.0 Å². The van der Waals surface area contributed by atoms with Crippen LogP contribution in [-0.4, -0.2) is 57.4 Å². The lowest BCUT2D eigenvalue weighted by molar-refractivity contribution is -0.130. The molecule has 0 radical (unpaired) electrons. The molecule has 1 aromatic rings. The average molecular weight is 331 g/mol. The van der Waals surface area contributed by atoms with Crippen LogP contribution in [0.5, 0.6) is 11.5 Å². The lowest BCUT2D eigenvalue weighted by atomic mass is 10.2. The number of hydrogen-bond acceptors (Lipinski definition) is 6. The van der Waals surface area contributed by atoms with Crippen molar-refractivity contribution < 1.29 is 19.0 Å². The maximum absolute atomic E-state index is 12.2. The molecule has 0 aliphatic carbocycles. The van der Waals surface area contributed by atoms with E-state index < -0.39 is 0 Å². The topological polar surface area (TPSA) is 83.8 Å². The zero-order valence-corrected chi connectivity index (χ0v) is 13.7. The van der Waals surface area contributed by atoms with Crippen LogP contribution in [0.1, 0.15) is 0 Å². The highest BCUT2D eigenvalue weighted by molar-refractivity contribution is 5.97. The Morgan fingerprint density at radius 1 is 1.33 bits per heavy atom. The molecular formula is C17H21N3O4. The lowest BCUT2D eigenvalue weighted by Gasteiger charge is -2.26. The number of benzene rings is 1. The summed E-state index contributed by atoms with van der Waals surface area (Å²) in [4.78, 5) is 13.8. The number of ether oxygens (including phenoxy) is 3. The van der Waals surface area contributed by atoms with Gasteiger partial charge >= 0.3 is 0 Å². The molecule has 1 saturated heterocycles. The molecule has 7 nitrogen and oxygen atoms in total. The molecule has 128 valence electrons. The van der Waals surface area contributed by atoms with Crippen LogP contribution < -0.4 is 14.8 Å². The summed E-state index contributed by atoms with van der Waals surface area (Å²) in [5, 5.41) is 12.1. The Hall–Kier alpha value is -2.72. The van der Waals surface area contributed by atoms with Crippen molar-refractivity contribution in [3.8, 4) is 17.6 Å². The zero-order valence-electron chi connectivity index (χ0n) is 13.7. The predicted molar refractivity (Wildman–Crippen MR) is 87.6 cm³/mol. The summed E-state index contributed by atoms with van der Waals surface area (Å²) >= 11 is 0. The van der Waals surface area contributed by atoms with Gasteiger partial charge in [0.2, 0.25) is 0 Å². The normalized spacial score (nSPS) is 14.7. The Balaban J connectivity index is 1.74. The Morgan fingerprint density at radius 3 is 2.62 bits per heavy atom. The van der Waals surface area contributed by atoms with Crippen LogP contribution in [-0.2, 0) is 9.53 Å². The summed E-state index contributed by atoms with van der Waals surface area (Å²) < 4.78 is 15.8. The van der Waals surface area contributed by atoms with Gasteiger partial charge in [0.05, 0.1) is 20.3 Å². The van der Waals surface area contributed by atoms with Gasteiger partial charge in [-0.15, -0.1) is 0 Å². The second kappa shape index (κ2) is 9.43. The minimum Gasteiger partial charge on any atom is -0.497 e. The first kappa shape index (κ1) is 17.6. The quantitative estimate of drug-likeness (QED) is 0.455. The number of nitriles is 1. The number of amides is 1. The van der Waals surface area contributed by atoms with Crippen LogP contribution >= 0.6 is 0 Å². The van der Waals surface area contributed by atoms with E-state index in [-0.39, 0.29) is 11.5 Å². The van der Waals surface area contributed by atoms with E-state index >= 15 is 0 Å². The van der Waals surface area contributed by atoms with E-state index in [1.807, 2.05) is 30.3 Å². The molecule has 2 rings (SSSR count). The van der Waals surface area contributed by atoms with Gasteiger partial charge in [0.25, 0.3) is 5.91 Å². The van der Waals surface area contributed by atoms with Crippen molar-refractivity contribution in [2.24, 2.45) is 0 Å². The molecule has 24 heavy (non-hydrogen) atoms. The minimum atomic E-state index is -0.274. The highest BCUT2D eigenvalue weighted by atomic mass is 16.5.